The van der Waals surface area contributed by atoms with Crippen LogP contribution in [0.5, 0.6) is 0 Å². The summed E-state index contributed by atoms with van der Waals surface area (Å²) in [4.78, 5) is 0. The number of hydrogen-bond donors (Lipinski definition) is 1. The molecule has 1 saturated heterocycles. The molecular weight excluding hydrogens is 168 g/mol. The second kappa shape index (κ2) is 1.40. The molecule has 0 aromatic heterocycles. The van der Waals surface area contributed by atoms with Crippen LogP contribution in [0.1, 0.15) is 6.42 Å². The van der Waals surface area contributed by atoms with E-state index in [1.807, 2.05) is 0 Å². The fraction of sp³-hybridized carbons (Fsp3) is 1.00. The molecule has 12 heavy (non-hydrogen) atoms. The van der Waals surface area contributed by atoms with Gasteiger partial charge in [-0.3, -0.25) is 0 Å². The van der Waals surface area contributed by atoms with Crippen LogP contribution in [0.2, 0.25) is 0 Å². The molecule has 1 aliphatic heterocycles. The quantitative estimate of drug-likeness (QED) is 0.599. The van der Waals surface area contributed by atoms with Crippen molar-refractivity contribution < 1.29 is 5.11 Å². The standard InChI is InChI=1S/C10H12OS/c11-8-6-2-1-3-5-4(2)7(8)10(5)12-9(3)6/h2-11H,1H2/t2-,3+,4-,5-,6-,7+,8+,9-,10-/m0/s1. The maximum absolute atomic E-state index is 10.1. The van der Waals surface area contributed by atoms with Crippen molar-refractivity contribution in [1.29, 1.82) is 0 Å². The van der Waals surface area contributed by atoms with E-state index >= 15 is 0 Å². The van der Waals surface area contributed by atoms with Crippen LogP contribution in [0.15, 0.2) is 0 Å². The molecule has 2 heteroatoms. The second-order valence-corrected chi connectivity index (χ2v) is 6.79. The van der Waals surface area contributed by atoms with Crippen molar-refractivity contribution in [2.75, 3.05) is 0 Å². The van der Waals surface area contributed by atoms with Crippen LogP contribution in [0.4, 0.5) is 0 Å². The molecule has 4 aliphatic carbocycles. The van der Waals surface area contributed by atoms with Gasteiger partial charge in [-0.1, -0.05) is 0 Å². The van der Waals surface area contributed by atoms with Gasteiger partial charge in [0.1, 0.15) is 0 Å². The van der Waals surface area contributed by atoms with Crippen LogP contribution >= 0.6 is 11.8 Å². The summed E-state index contributed by atoms with van der Waals surface area (Å²) in [6, 6.07) is 0. The number of hydrogen-bond acceptors (Lipinski definition) is 2. The molecule has 1 nitrogen and oxygen atoms in total. The number of fused-ring (bicyclic) bond motifs is 2. The van der Waals surface area contributed by atoms with E-state index in [-0.39, 0.29) is 6.10 Å². The third-order valence-corrected chi connectivity index (χ3v) is 7.50. The van der Waals surface area contributed by atoms with Crippen molar-refractivity contribution in [1.82, 2.24) is 0 Å². The predicted molar refractivity (Wildman–Crippen MR) is 46.7 cm³/mol. The molecule has 0 radical (unpaired) electrons. The molecule has 0 spiro atoms. The van der Waals surface area contributed by atoms with Crippen LogP contribution in [-0.2, 0) is 0 Å². The Morgan fingerprint density at radius 3 is 2.75 bits per heavy atom. The van der Waals surface area contributed by atoms with Gasteiger partial charge < -0.3 is 5.11 Å². The first kappa shape index (κ1) is 5.92. The Bertz CT molecular complexity index is 282. The zero-order valence-corrected chi connectivity index (χ0v) is 7.58. The minimum atomic E-state index is 0.125. The van der Waals surface area contributed by atoms with Gasteiger partial charge in [-0.05, 0) is 30.1 Å². The lowest BCUT2D eigenvalue weighted by Gasteiger charge is -2.45. The summed E-state index contributed by atoms with van der Waals surface area (Å²) in [5, 5.41) is 11.9. The third kappa shape index (κ3) is 0.327. The lowest BCUT2D eigenvalue weighted by molar-refractivity contribution is 0.0307. The number of rotatable bonds is 0. The van der Waals surface area contributed by atoms with Crippen LogP contribution < -0.4 is 0 Å². The van der Waals surface area contributed by atoms with Crippen LogP contribution in [-0.4, -0.2) is 21.7 Å². The molecule has 5 aliphatic rings. The highest BCUT2D eigenvalue weighted by atomic mass is 32.2. The first-order valence-corrected chi connectivity index (χ1v) is 6.16. The van der Waals surface area contributed by atoms with Gasteiger partial charge in [-0.25, -0.2) is 0 Å². The van der Waals surface area contributed by atoms with Gasteiger partial charge in [0.05, 0.1) is 6.10 Å². The highest BCUT2D eigenvalue weighted by Crippen LogP contribution is 2.82. The lowest BCUT2D eigenvalue weighted by atomic mass is 9.64. The summed E-state index contributed by atoms with van der Waals surface area (Å²) < 4.78 is 0. The number of thioether (sulfide) groups is 1. The van der Waals surface area contributed by atoms with Crippen LogP contribution in [0.25, 0.3) is 0 Å². The smallest absolute Gasteiger partial charge is 0.0623 e. The first-order valence-electron chi connectivity index (χ1n) is 5.21. The van der Waals surface area contributed by atoms with Gasteiger partial charge in [0.25, 0.3) is 0 Å². The number of aliphatic hydroxyl groups excluding tert-OH is 1. The zero-order chi connectivity index (χ0) is 7.61. The summed E-state index contributed by atoms with van der Waals surface area (Å²) in [6.07, 6.45) is 1.61. The Kier molecular flexibility index (Phi) is 0.690. The molecule has 5 fully saturated rings. The minimum Gasteiger partial charge on any atom is -0.392 e. The largest absolute Gasteiger partial charge is 0.392 e. The molecule has 64 valence electrons. The maximum Gasteiger partial charge on any atom is 0.0623 e. The fourth-order valence-corrected chi connectivity index (χ4v) is 8.00. The first-order chi connectivity index (χ1) is 5.88. The topological polar surface area (TPSA) is 20.2 Å². The Hall–Kier alpha value is 0.310. The van der Waals surface area contributed by atoms with Gasteiger partial charge in [0, 0.05) is 22.3 Å². The van der Waals surface area contributed by atoms with E-state index in [9.17, 15) is 5.11 Å². The Morgan fingerprint density at radius 1 is 0.917 bits per heavy atom. The zero-order valence-electron chi connectivity index (χ0n) is 6.76. The van der Waals surface area contributed by atoms with Crippen molar-refractivity contribution in [3.05, 3.63) is 0 Å². The molecule has 1 heterocycles. The number of aliphatic hydroxyl groups is 1. The van der Waals surface area contributed by atoms with Gasteiger partial charge >= 0.3 is 0 Å². The molecule has 4 saturated carbocycles. The van der Waals surface area contributed by atoms with Crippen molar-refractivity contribution in [2.45, 2.75) is 23.0 Å². The minimum absolute atomic E-state index is 0.125. The molecule has 0 unspecified atom stereocenters. The summed E-state index contributed by atoms with van der Waals surface area (Å²) in [5.74, 6) is 5.57. The van der Waals surface area contributed by atoms with E-state index in [1.165, 1.54) is 6.42 Å². The Balaban J connectivity index is 1.86. The molecule has 0 aromatic rings. The molecule has 9 atom stereocenters. The van der Waals surface area contributed by atoms with Gasteiger partial charge in [-0.2, -0.15) is 11.8 Å². The van der Waals surface area contributed by atoms with Crippen molar-refractivity contribution in [2.24, 2.45) is 35.5 Å². The average molecular weight is 180 g/mol. The normalized spacial score (nSPS) is 85.2. The van der Waals surface area contributed by atoms with E-state index in [2.05, 4.69) is 11.8 Å². The Morgan fingerprint density at radius 2 is 1.83 bits per heavy atom. The third-order valence-electron chi connectivity index (χ3n) is 5.58. The fourth-order valence-electron chi connectivity index (χ4n) is 5.51. The summed E-state index contributed by atoms with van der Waals surface area (Å²) in [7, 11) is 0. The van der Waals surface area contributed by atoms with E-state index < -0.39 is 0 Å². The van der Waals surface area contributed by atoms with E-state index in [4.69, 9.17) is 0 Å². The predicted octanol–water partition coefficient (Wildman–Crippen LogP) is 0.973. The van der Waals surface area contributed by atoms with Gasteiger partial charge in [0.2, 0.25) is 0 Å². The van der Waals surface area contributed by atoms with Crippen LogP contribution in [0.3, 0.4) is 0 Å². The molecule has 1 N–H and O–H groups in total. The molecule has 0 amide bonds. The molecular formula is C10H12OS. The second-order valence-electron chi connectivity index (χ2n) is 5.43. The lowest BCUT2D eigenvalue weighted by Crippen LogP contribution is -2.48. The van der Waals surface area contributed by atoms with Crippen molar-refractivity contribution >= 4 is 11.8 Å². The highest BCUT2D eigenvalue weighted by Gasteiger charge is 2.81. The van der Waals surface area contributed by atoms with Gasteiger partial charge in [0.15, 0.2) is 0 Å². The van der Waals surface area contributed by atoms with E-state index in [1.54, 1.807) is 0 Å². The average Bonchev–Trinajstić information content (AvgIpc) is 2.47. The summed E-state index contributed by atoms with van der Waals surface area (Å²) in [5.41, 5.74) is 0. The van der Waals surface area contributed by atoms with Gasteiger partial charge in [-0.15, -0.1) is 0 Å². The SMILES string of the molecule is O[C@@H]1[C@@H]2[C@H]3C[C@H]4[C@@H]2S[C@@H]2[C@@H]1[C@@H]3[C@H]42. The van der Waals surface area contributed by atoms with Crippen LogP contribution in [0, 0.1) is 35.5 Å². The summed E-state index contributed by atoms with van der Waals surface area (Å²) in [6.45, 7) is 0. The molecule has 2 bridgehead atoms. The maximum atomic E-state index is 10.1. The monoisotopic (exact) mass is 180 g/mol. The summed E-state index contributed by atoms with van der Waals surface area (Å²) >= 11 is 2.25. The van der Waals surface area contributed by atoms with E-state index in [0.717, 1.165) is 46.0 Å². The highest BCUT2D eigenvalue weighted by molar-refractivity contribution is 8.01. The molecule has 0 aromatic carbocycles. The van der Waals surface area contributed by atoms with Crippen molar-refractivity contribution in [3.63, 3.8) is 0 Å². The van der Waals surface area contributed by atoms with Crippen molar-refractivity contribution in [3.8, 4) is 0 Å². The Labute approximate surface area is 75.9 Å². The molecule has 5 rings (SSSR count). The van der Waals surface area contributed by atoms with E-state index in [0.29, 0.717) is 0 Å².